The standard InChI is InChI=1S/C10H15N3O2/c1-3-15-7-10(14)13-6-9-5-11-8(2)4-12-9/h4-5H,3,6-7H2,1-2H3,(H,13,14). The Morgan fingerprint density at radius 1 is 1.47 bits per heavy atom. The maximum Gasteiger partial charge on any atom is 0.246 e. The molecular formula is C10H15N3O2. The molecule has 0 aliphatic carbocycles. The van der Waals surface area contributed by atoms with Crippen LogP contribution in [0.3, 0.4) is 0 Å². The minimum atomic E-state index is -0.140. The van der Waals surface area contributed by atoms with Crippen LogP contribution in [0.1, 0.15) is 18.3 Å². The lowest BCUT2D eigenvalue weighted by Crippen LogP contribution is -2.27. The molecule has 1 aromatic heterocycles. The van der Waals surface area contributed by atoms with Crippen molar-refractivity contribution in [1.29, 1.82) is 0 Å². The second-order valence-electron chi connectivity index (χ2n) is 3.06. The van der Waals surface area contributed by atoms with Crippen molar-refractivity contribution >= 4 is 5.91 Å². The first-order valence-corrected chi connectivity index (χ1v) is 4.84. The Kier molecular flexibility index (Phi) is 4.70. The van der Waals surface area contributed by atoms with E-state index >= 15 is 0 Å². The van der Waals surface area contributed by atoms with Gasteiger partial charge in [-0.1, -0.05) is 0 Å². The molecule has 1 amide bonds. The molecule has 1 aromatic rings. The first-order valence-electron chi connectivity index (χ1n) is 4.84. The minimum absolute atomic E-state index is 0.0930. The predicted octanol–water partition coefficient (Wildman–Crippen LogP) is 0.438. The van der Waals surface area contributed by atoms with Crippen LogP contribution >= 0.6 is 0 Å². The molecule has 1 rings (SSSR count). The van der Waals surface area contributed by atoms with E-state index in [0.717, 1.165) is 11.4 Å². The smallest absolute Gasteiger partial charge is 0.246 e. The maximum atomic E-state index is 11.2. The van der Waals surface area contributed by atoms with Crippen LogP contribution in [0.15, 0.2) is 12.4 Å². The Labute approximate surface area is 88.9 Å². The van der Waals surface area contributed by atoms with Crippen LogP contribution in [0.2, 0.25) is 0 Å². The van der Waals surface area contributed by atoms with Gasteiger partial charge in [-0.3, -0.25) is 14.8 Å². The highest BCUT2D eigenvalue weighted by atomic mass is 16.5. The van der Waals surface area contributed by atoms with Gasteiger partial charge in [-0.15, -0.1) is 0 Å². The molecule has 0 aromatic carbocycles. The van der Waals surface area contributed by atoms with Gasteiger partial charge in [0.25, 0.3) is 0 Å². The molecule has 1 N–H and O–H groups in total. The third-order valence-electron chi connectivity index (χ3n) is 1.74. The van der Waals surface area contributed by atoms with E-state index in [4.69, 9.17) is 4.74 Å². The summed E-state index contributed by atoms with van der Waals surface area (Å²) < 4.78 is 4.95. The highest BCUT2D eigenvalue weighted by molar-refractivity contribution is 5.77. The molecule has 1 heterocycles. The van der Waals surface area contributed by atoms with Crippen molar-refractivity contribution in [3.05, 3.63) is 23.8 Å². The number of aromatic nitrogens is 2. The van der Waals surface area contributed by atoms with E-state index in [2.05, 4.69) is 15.3 Å². The van der Waals surface area contributed by atoms with E-state index in [0.29, 0.717) is 13.2 Å². The third-order valence-corrected chi connectivity index (χ3v) is 1.74. The number of hydrogen-bond donors (Lipinski definition) is 1. The molecule has 0 aliphatic heterocycles. The van der Waals surface area contributed by atoms with Gasteiger partial charge in [-0.2, -0.15) is 0 Å². The van der Waals surface area contributed by atoms with Gasteiger partial charge in [0.1, 0.15) is 6.61 Å². The summed E-state index contributed by atoms with van der Waals surface area (Å²) in [6.45, 7) is 4.73. The largest absolute Gasteiger partial charge is 0.372 e. The molecule has 0 bridgehead atoms. The van der Waals surface area contributed by atoms with Crippen LogP contribution in [0.4, 0.5) is 0 Å². The summed E-state index contributed by atoms with van der Waals surface area (Å²) in [6.07, 6.45) is 3.32. The molecule has 0 saturated carbocycles. The summed E-state index contributed by atoms with van der Waals surface area (Å²) in [5.74, 6) is -0.140. The molecule has 82 valence electrons. The zero-order valence-electron chi connectivity index (χ0n) is 8.99. The van der Waals surface area contributed by atoms with Gasteiger partial charge in [-0.05, 0) is 13.8 Å². The number of rotatable bonds is 5. The van der Waals surface area contributed by atoms with E-state index in [1.807, 2.05) is 13.8 Å². The summed E-state index contributed by atoms with van der Waals surface area (Å²) in [5.41, 5.74) is 1.60. The Balaban J connectivity index is 2.30. The quantitative estimate of drug-likeness (QED) is 0.764. The fourth-order valence-corrected chi connectivity index (χ4v) is 0.946. The molecule has 0 atom stereocenters. The van der Waals surface area contributed by atoms with Gasteiger partial charge < -0.3 is 10.1 Å². The van der Waals surface area contributed by atoms with Gasteiger partial charge >= 0.3 is 0 Å². The lowest BCUT2D eigenvalue weighted by atomic mass is 10.4. The average molecular weight is 209 g/mol. The highest BCUT2D eigenvalue weighted by Gasteiger charge is 2.01. The van der Waals surface area contributed by atoms with Crippen LogP contribution in [0.25, 0.3) is 0 Å². The molecule has 0 saturated heterocycles. The van der Waals surface area contributed by atoms with Crippen LogP contribution in [-0.4, -0.2) is 29.1 Å². The Bertz CT molecular complexity index is 311. The highest BCUT2D eigenvalue weighted by Crippen LogP contribution is 1.93. The van der Waals surface area contributed by atoms with Crippen LogP contribution < -0.4 is 5.32 Å². The van der Waals surface area contributed by atoms with Gasteiger partial charge in [0.15, 0.2) is 0 Å². The molecule has 0 radical (unpaired) electrons. The Morgan fingerprint density at radius 2 is 2.27 bits per heavy atom. The van der Waals surface area contributed by atoms with E-state index in [9.17, 15) is 4.79 Å². The third kappa shape index (κ3) is 4.51. The molecule has 0 spiro atoms. The topological polar surface area (TPSA) is 64.1 Å². The predicted molar refractivity (Wildman–Crippen MR) is 55.1 cm³/mol. The number of carbonyl (C=O) groups is 1. The second-order valence-corrected chi connectivity index (χ2v) is 3.06. The Morgan fingerprint density at radius 3 is 2.87 bits per heavy atom. The summed E-state index contributed by atoms with van der Waals surface area (Å²) >= 11 is 0. The molecule has 0 unspecified atom stereocenters. The van der Waals surface area contributed by atoms with Crippen molar-refractivity contribution in [1.82, 2.24) is 15.3 Å². The van der Waals surface area contributed by atoms with Crippen molar-refractivity contribution < 1.29 is 9.53 Å². The number of carbonyl (C=O) groups excluding carboxylic acids is 1. The lowest BCUT2D eigenvalue weighted by Gasteiger charge is -2.04. The first-order chi connectivity index (χ1) is 7.22. The van der Waals surface area contributed by atoms with Crippen molar-refractivity contribution in [2.75, 3.05) is 13.2 Å². The van der Waals surface area contributed by atoms with Crippen LogP contribution in [0, 0.1) is 6.92 Å². The van der Waals surface area contributed by atoms with Gasteiger partial charge in [-0.25, -0.2) is 0 Å². The monoisotopic (exact) mass is 209 g/mol. The van der Waals surface area contributed by atoms with E-state index in [1.54, 1.807) is 12.4 Å². The number of nitrogens with one attached hydrogen (secondary N) is 1. The van der Waals surface area contributed by atoms with Crippen LogP contribution in [0.5, 0.6) is 0 Å². The number of ether oxygens (including phenoxy) is 1. The fraction of sp³-hybridized carbons (Fsp3) is 0.500. The van der Waals surface area contributed by atoms with Gasteiger partial charge in [0.05, 0.1) is 24.1 Å². The number of nitrogens with zero attached hydrogens (tertiary/aromatic N) is 2. The van der Waals surface area contributed by atoms with Crippen molar-refractivity contribution in [2.24, 2.45) is 0 Å². The summed E-state index contributed by atoms with van der Waals surface area (Å²) in [4.78, 5) is 19.3. The van der Waals surface area contributed by atoms with Crippen molar-refractivity contribution in [3.63, 3.8) is 0 Å². The summed E-state index contributed by atoms with van der Waals surface area (Å²) in [5, 5.41) is 2.69. The number of hydrogen-bond acceptors (Lipinski definition) is 4. The molecule has 5 nitrogen and oxygen atoms in total. The van der Waals surface area contributed by atoms with E-state index in [-0.39, 0.29) is 12.5 Å². The second kappa shape index (κ2) is 6.08. The summed E-state index contributed by atoms with van der Waals surface area (Å²) in [6, 6.07) is 0. The normalized spacial score (nSPS) is 10.0. The van der Waals surface area contributed by atoms with Crippen molar-refractivity contribution in [2.45, 2.75) is 20.4 Å². The van der Waals surface area contributed by atoms with Gasteiger partial charge in [0.2, 0.25) is 5.91 Å². The van der Waals surface area contributed by atoms with E-state index in [1.165, 1.54) is 0 Å². The molecule has 0 fully saturated rings. The number of amides is 1. The Hall–Kier alpha value is -1.49. The first kappa shape index (κ1) is 11.6. The maximum absolute atomic E-state index is 11.2. The summed E-state index contributed by atoms with van der Waals surface area (Å²) in [7, 11) is 0. The van der Waals surface area contributed by atoms with Gasteiger partial charge in [0, 0.05) is 12.8 Å². The minimum Gasteiger partial charge on any atom is -0.372 e. The van der Waals surface area contributed by atoms with E-state index < -0.39 is 0 Å². The number of aryl methyl sites for hydroxylation is 1. The average Bonchev–Trinajstić information content (AvgIpc) is 2.25. The zero-order valence-corrected chi connectivity index (χ0v) is 8.99. The fourth-order valence-electron chi connectivity index (χ4n) is 0.946. The molecule has 5 heteroatoms. The molecule has 0 aliphatic rings. The lowest BCUT2D eigenvalue weighted by molar-refractivity contribution is -0.125. The molecular weight excluding hydrogens is 194 g/mol. The molecule has 15 heavy (non-hydrogen) atoms. The SMILES string of the molecule is CCOCC(=O)NCc1cnc(C)cn1. The van der Waals surface area contributed by atoms with Crippen molar-refractivity contribution in [3.8, 4) is 0 Å². The van der Waals surface area contributed by atoms with Crippen LogP contribution in [-0.2, 0) is 16.1 Å². The zero-order chi connectivity index (χ0) is 11.1.